The van der Waals surface area contributed by atoms with Crippen LogP contribution >= 0.6 is 23.2 Å². The fraction of sp³-hybridized carbons (Fsp3) is 0.444. The summed E-state index contributed by atoms with van der Waals surface area (Å²) in [7, 11) is 0. The van der Waals surface area contributed by atoms with Crippen molar-refractivity contribution >= 4 is 46.9 Å². The number of likely N-dealkylation sites (tertiary alicyclic amines) is 1. The minimum absolute atomic E-state index is 0.0789. The molecule has 1 aromatic carbocycles. The predicted octanol–water partition coefficient (Wildman–Crippen LogP) is 2.53. The number of ether oxygens (including phenoxy) is 1. The number of hydrogen-bond acceptors (Lipinski definition) is 5. The molecule has 9 heteroatoms. The van der Waals surface area contributed by atoms with E-state index in [0.29, 0.717) is 13.1 Å². The smallest absolute Gasteiger partial charge is 0.329 e. The Labute approximate surface area is 166 Å². The Morgan fingerprint density at radius 3 is 1.96 bits per heavy atom. The van der Waals surface area contributed by atoms with Crippen LogP contribution in [0.25, 0.3) is 0 Å². The summed E-state index contributed by atoms with van der Waals surface area (Å²) in [5.74, 6) is -2.43. The largest absolute Gasteiger partial charge is 0.451 e. The zero-order valence-corrected chi connectivity index (χ0v) is 16.3. The van der Waals surface area contributed by atoms with Gasteiger partial charge in [-0.25, -0.2) is 4.79 Å². The number of esters is 1. The average Bonchev–Trinajstić information content (AvgIpc) is 3.23. The molecule has 1 saturated heterocycles. The monoisotopic (exact) mass is 412 g/mol. The molecule has 0 N–H and O–H groups in total. The van der Waals surface area contributed by atoms with E-state index >= 15 is 0 Å². The normalized spacial score (nSPS) is 18.5. The second-order valence-corrected chi connectivity index (χ2v) is 7.39. The number of carbonyl (C=O) groups excluding carboxylic acids is 4. The van der Waals surface area contributed by atoms with E-state index in [4.69, 9.17) is 27.9 Å². The Bertz CT molecular complexity index is 794. The molecule has 0 aromatic heterocycles. The van der Waals surface area contributed by atoms with E-state index in [9.17, 15) is 19.2 Å². The maximum absolute atomic E-state index is 12.6. The number of halogens is 2. The number of fused-ring (bicyclic) bond motifs is 1. The average molecular weight is 413 g/mol. The lowest BCUT2D eigenvalue weighted by Gasteiger charge is -2.24. The fourth-order valence-corrected chi connectivity index (χ4v) is 3.55. The molecule has 7 nitrogen and oxygen atoms in total. The van der Waals surface area contributed by atoms with E-state index in [1.54, 1.807) is 4.90 Å². The van der Waals surface area contributed by atoms with Crippen molar-refractivity contribution in [3.05, 3.63) is 33.3 Å². The van der Waals surface area contributed by atoms with E-state index in [0.717, 1.165) is 17.7 Å². The van der Waals surface area contributed by atoms with Gasteiger partial charge in [-0.2, -0.15) is 0 Å². The van der Waals surface area contributed by atoms with Crippen molar-refractivity contribution in [3.8, 4) is 0 Å². The molecular weight excluding hydrogens is 395 g/mol. The van der Waals surface area contributed by atoms with Crippen LogP contribution in [0.1, 0.15) is 47.4 Å². The lowest BCUT2D eigenvalue weighted by atomic mass is 10.1. The van der Waals surface area contributed by atoms with Gasteiger partial charge >= 0.3 is 5.97 Å². The van der Waals surface area contributed by atoms with Crippen LogP contribution in [0, 0.1) is 0 Å². The fourth-order valence-electron chi connectivity index (χ4n) is 3.23. The molecule has 3 rings (SSSR count). The van der Waals surface area contributed by atoms with Crippen LogP contribution in [0.4, 0.5) is 0 Å². The SMILES string of the molecule is C[C@@H](OC(=O)[C@H](C)N1C(=O)c2cc(Cl)c(Cl)cc2C1=O)C(=O)N1CCCC1. The highest BCUT2D eigenvalue weighted by Gasteiger charge is 2.42. The molecule has 0 spiro atoms. The Hall–Kier alpha value is -2.12. The van der Waals surface area contributed by atoms with Crippen molar-refractivity contribution < 1.29 is 23.9 Å². The van der Waals surface area contributed by atoms with Gasteiger partial charge in [0.15, 0.2) is 6.10 Å². The number of carbonyl (C=O) groups is 4. The summed E-state index contributed by atoms with van der Waals surface area (Å²) in [6, 6.07) is 1.41. The lowest BCUT2D eigenvalue weighted by Crippen LogP contribution is -2.46. The highest BCUT2D eigenvalue weighted by Crippen LogP contribution is 2.32. The molecule has 0 saturated carbocycles. The van der Waals surface area contributed by atoms with E-state index in [2.05, 4.69) is 0 Å². The van der Waals surface area contributed by atoms with Gasteiger partial charge in [-0.15, -0.1) is 0 Å². The zero-order valence-electron chi connectivity index (χ0n) is 14.8. The van der Waals surface area contributed by atoms with Crippen LogP contribution in [-0.2, 0) is 14.3 Å². The summed E-state index contributed by atoms with van der Waals surface area (Å²) in [5.41, 5.74) is 0.158. The number of amides is 3. The van der Waals surface area contributed by atoms with Gasteiger partial charge in [0.1, 0.15) is 6.04 Å². The highest BCUT2D eigenvalue weighted by atomic mass is 35.5. The van der Waals surface area contributed by atoms with Crippen LogP contribution in [0.3, 0.4) is 0 Å². The molecule has 0 radical (unpaired) electrons. The molecule has 2 aliphatic rings. The van der Waals surface area contributed by atoms with Crippen molar-refractivity contribution in [2.45, 2.75) is 38.8 Å². The third kappa shape index (κ3) is 3.53. The second-order valence-electron chi connectivity index (χ2n) is 6.58. The third-order valence-electron chi connectivity index (χ3n) is 4.75. The molecule has 2 heterocycles. The van der Waals surface area contributed by atoms with Gasteiger partial charge in [-0.3, -0.25) is 19.3 Å². The standard InChI is InChI=1S/C18H18Cl2N2O5/c1-9(18(26)27-10(2)15(23)21-5-3-4-6-21)22-16(24)11-7-13(19)14(20)8-12(11)17(22)25/h7-10H,3-6H2,1-2H3/t9-,10+/m0/s1. The van der Waals surface area contributed by atoms with Gasteiger partial charge < -0.3 is 9.64 Å². The van der Waals surface area contributed by atoms with Crippen molar-refractivity contribution in [1.29, 1.82) is 0 Å². The van der Waals surface area contributed by atoms with Gasteiger partial charge in [0.25, 0.3) is 17.7 Å². The molecule has 2 atom stereocenters. The van der Waals surface area contributed by atoms with Crippen LogP contribution in [-0.4, -0.2) is 58.7 Å². The maximum Gasteiger partial charge on any atom is 0.329 e. The maximum atomic E-state index is 12.6. The van der Waals surface area contributed by atoms with Crippen LogP contribution in [0.5, 0.6) is 0 Å². The molecule has 1 fully saturated rings. The summed E-state index contributed by atoms with van der Waals surface area (Å²) in [6.07, 6.45) is 0.850. The number of rotatable bonds is 4. The molecule has 27 heavy (non-hydrogen) atoms. The molecule has 0 aliphatic carbocycles. The van der Waals surface area contributed by atoms with Gasteiger partial charge in [-0.1, -0.05) is 23.2 Å². The number of nitrogens with zero attached hydrogens (tertiary/aromatic N) is 2. The van der Waals surface area contributed by atoms with E-state index in [-0.39, 0.29) is 27.1 Å². The van der Waals surface area contributed by atoms with E-state index in [1.807, 2.05) is 0 Å². The van der Waals surface area contributed by atoms with E-state index < -0.39 is 29.9 Å². The Morgan fingerprint density at radius 2 is 1.48 bits per heavy atom. The third-order valence-corrected chi connectivity index (χ3v) is 5.47. The summed E-state index contributed by atoms with van der Waals surface area (Å²) in [6.45, 7) is 4.12. The Balaban J connectivity index is 1.72. The second kappa shape index (κ2) is 7.48. The number of benzene rings is 1. The Kier molecular flexibility index (Phi) is 5.44. The van der Waals surface area contributed by atoms with Gasteiger partial charge in [0.05, 0.1) is 21.2 Å². The number of hydrogen-bond donors (Lipinski definition) is 0. The van der Waals surface area contributed by atoms with Gasteiger partial charge in [0, 0.05) is 13.1 Å². The van der Waals surface area contributed by atoms with Crippen LogP contribution in [0.15, 0.2) is 12.1 Å². The topological polar surface area (TPSA) is 84.0 Å². The first-order valence-electron chi connectivity index (χ1n) is 8.58. The first-order valence-corrected chi connectivity index (χ1v) is 9.34. The highest BCUT2D eigenvalue weighted by molar-refractivity contribution is 6.43. The molecule has 2 aliphatic heterocycles. The molecule has 144 valence electrons. The molecular formula is C18H18Cl2N2O5. The minimum atomic E-state index is -1.19. The molecule has 0 unspecified atom stereocenters. The summed E-state index contributed by atoms with van der Waals surface area (Å²) in [5, 5.41) is 0.275. The van der Waals surface area contributed by atoms with Crippen molar-refractivity contribution in [2.24, 2.45) is 0 Å². The first kappa shape index (κ1) is 19.6. The van der Waals surface area contributed by atoms with Gasteiger partial charge in [0.2, 0.25) is 0 Å². The van der Waals surface area contributed by atoms with E-state index in [1.165, 1.54) is 26.0 Å². The van der Waals surface area contributed by atoms with Gasteiger partial charge in [-0.05, 0) is 38.8 Å². The minimum Gasteiger partial charge on any atom is -0.451 e. The summed E-state index contributed by atoms with van der Waals surface area (Å²) >= 11 is 11.8. The van der Waals surface area contributed by atoms with Crippen LogP contribution in [0.2, 0.25) is 10.0 Å². The quantitative estimate of drug-likeness (QED) is 0.560. The predicted molar refractivity (Wildman–Crippen MR) is 97.8 cm³/mol. The van der Waals surface area contributed by atoms with Crippen LogP contribution < -0.4 is 0 Å². The summed E-state index contributed by atoms with van der Waals surface area (Å²) in [4.78, 5) is 52.3. The lowest BCUT2D eigenvalue weighted by molar-refractivity contribution is -0.161. The first-order chi connectivity index (χ1) is 12.7. The number of imide groups is 1. The summed E-state index contributed by atoms with van der Waals surface area (Å²) < 4.78 is 5.21. The Morgan fingerprint density at radius 1 is 1.00 bits per heavy atom. The molecule has 3 amide bonds. The molecule has 0 bridgehead atoms. The van der Waals surface area contributed by atoms with Crippen molar-refractivity contribution in [3.63, 3.8) is 0 Å². The zero-order chi connectivity index (χ0) is 19.9. The van der Waals surface area contributed by atoms with Crippen molar-refractivity contribution in [2.75, 3.05) is 13.1 Å². The van der Waals surface area contributed by atoms with Crippen molar-refractivity contribution in [1.82, 2.24) is 9.80 Å². The molecule has 1 aromatic rings.